The van der Waals surface area contributed by atoms with Crippen LogP contribution in [0.25, 0.3) is 21.8 Å². The van der Waals surface area contributed by atoms with Gasteiger partial charge < -0.3 is 67.0 Å². The molecule has 4 heterocycles. The van der Waals surface area contributed by atoms with Gasteiger partial charge >= 0.3 is 10.1 Å². The maximum atomic E-state index is 14.0. The number of rotatable bonds is 17. The summed E-state index contributed by atoms with van der Waals surface area (Å²) in [5, 5.41) is 13.5. The summed E-state index contributed by atoms with van der Waals surface area (Å²) in [6, 6.07) is 16.7. The number of benzene rings is 4. The zero-order valence-electron chi connectivity index (χ0n) is 42.6. The number of fused-ring (bicyclic) bond motifs is 2. The van der Waals surface area contributed by atoms with Gasteiger partial charge in [-0.05, 0) is 79.0 Å². The van der Waals surface area contributed by atoms with Gasteiger partial charge in [0, 0.05) is 42.0 Å². The smallest absolute Gasteiger partial charge is 0.341 e. The molecule has 72 heavy (non-hydrogen) atoms. The van der Waals surface area contributed by atoms with Gasteiger partial charge in [-0.2, -0.15) is 22.2 Å². The van der Waals surface area contributed by atoms with Crippen LogP contribution in [-0.4, -0.2) is 92.9 Å². The summed E-state index contributed by atoms with van der Waals surface area (Å²) < 4.78 is 96.0. The number of halogens is 3. The van der Waals surface area contributed by atoms with Crippen LogP contribution in [0.5, 0.6) is 28.9 Å². The summed E-state index contributed by atoms with van der Waals surface area (Å²) in [5.41, 5.74) is 4.15. The molecular formula is C53H65F2IN5O10S-. The van der Waals surface area contributed by atoms with Gasteiger partial charge in [-0.25, -0.2) is 15.0 Å². The summed E-state index contributed by atoms with van der Waals surface area (Å²) in [6.45, 7) is 18.6. The predicted octanol–water partition coefficient (Wildman–Crippen LogP) is 7.63. The van der Waals surface area contributed by atoms with Gasteiger partial charge in [0.1, 0.15) is 41.2 Å². The molecule has 4 aromatic carbocycles. The van der Waals surface area contributed by atoms with Gasteiger partial charge in [-0.15, -0.1) is 0 Å². The molecule has 15 nitrogen and oxygen atoms in total. The Kier molecular flexibility index (Phi) is 18.5. The molecule has 0 spiro atoms. The summed E-state index contributed by atoms with van der Waals surface area (Å²) in [7, 11) is -1.12. The molecule has 6 aromatic rings. The van der Waals surface area contributed by atoms with E-state index in [9.17, 15) is 17.2 Å². The largest absolute Gasteiger partial charge is 1.00 e. The number of alkyl halides is 2. The molecule has 2 aliphatic heterocycles. The summed E-state index contributed by atoms with van der Waals surface area (Å²) in [5.74, 6) is 0.419. The van der Waals surface area contributed by atoms with Gasteiger partial charge in [0.2, 0.25) is 5.88 Å². The number of nitrogens with one attached hydrogen (secondary N) is 1. The molecule has 0 aliphatic carbocycles. The number of ether oxygens (including phenoxy) is 6. The Labute approximate surface area is 437 Å². The van der Waals surface area contributed by atoms with Crippen LogP contribution in [0, 0.1) is 13.8 Å². The highest BCUT2D eigenvalue weighted by molar-refractivity contribution is 7.87. The second kappa shape index (κ2) is 23.8. The van der Waals surface area contributed by atoms with Crippen molar-refractivity contribution in [2.24, 2.45) is 0 Å². The zero-order chi connectivity index (χ0) is 51.4. The second-order valence-electron chi connectivity index (χ2n) is 18.8. The molecule has 2 N–H and O–H groups in total. The number of hydrogen-bond acceptors (Lipinski definition) is 15. The first-order chi connectivity index (χ1) is 33.7. The van der Waals surface area contributed by atoms with Crippen molar-refractivity contribution < 1.29 is 78.9 Å². The fourth-order valence-corrected chi connectivity index (χ4v) is 10.0. The number of aromatic nitrogens is 4. The number of nitrogens with zero attached hydrogens (tertiary/aromatic N) is 4. The first-order valence-corrected chi connectivity index (χ1v) is 25.3. The van der Waals surface area contributed by atoms with E-state index < -0.39 is 22.6 Å². The van der Waals surface area contributed by atoms with E-state index in [4.69, 9.17) is 37.7 Å². The van der Waals surface area contributed by atoms with E-state index in [0.717, 1.165) is 34.9 Å². The molecule has 2 aliphatic rings. The molecule has 2 aromatic heterocycles. The Bertz CT molecular complexity index is 2940. The van der Waals surface area contributed by atoms with Crippen molar-refractivity contribution in [1.82, 2.24) is 19.9 Å². The molecule has 390 valence electrons. The normalized spacial score (nSPS) is 16.4. The highest BCUT2D eigenvalue weighted by Crippen LogP contribution is 2.41. The third kappa shape index (κ3) is 12.9. The highest BCUT2D eigenvalue weighted by atomic mass is 127. The molecule has 0 amide bonds. The average molecular weight is 1130 g/mol. The molecule has 0 radical (unpaired) electrons. The third-order valence-corrected chi connectivity index (χ3v) is 13.7. The van der Waals surface area contributed by atoms with E-state index in [1.165, 1.54) is 12.1 Å². The molecular weight excluding hydrogens is 1060 g/mol. The minimum atomic E-state index is -4.25. The minimum absolute atomic E-state index is 0. The number of hydrogen-bond donors (Lipinski definition) is 2. The van der Waals surface area contributed by atoms with Gasteiger partial charge in [-0.3, -0.25) is 0 Å². The van der Waals surface area contributed by atoms with Crippen LogP contribution in [0.3, 0.4) is 0 Å². The molecule has 8 rings (SSSR count). The molecule has 2 saturated heterocycles. The van der Waals surface area contributed by atoms with Gasteiger partial charge in [0.15, 0.2) is 23.0 Å². The quantitative estimate of drug-likeness (QED) is 0.0672. The number of aryl methyl sites for hydroxylation is 2. The number of aliphatic hydroxyl groups excluding tert-OH is 1. The van der Waals surface area contributed by atoms with E-state index >= 15 is 0 Å². The lowest BCUT2D eigenvalue weighted by molar-refractivity contribution is -0.0556. The van der Waals surface area contributed by atoms with Crippen LogP contribution >= 0.6 is 0 Å². The van der Waals surface area contributed by atoms with E-state index in [0.29, 0.717) is 88.9 Å². The minimum Gasteiger partial charge on any atom is -1.00 e. The van der Waals surface area contributed by atoms with E-state index in [-0.39, 0.29) is 76.3 Å². The first-order valence-electron chi connectivity index (χ1n) is 23.9. The Balaban J connectivity index is 0.000000234. The van der Waals surface area contributed by atoms with E-state index in [1.807, 2.05) is 52.8 Å². The van der Waals surface area contributed by atoms with E-state index in [2.05, 4.69) is 39.1 Å². The van der Waals surface area contributed by atoms with Gasteiger partial charge in [0.25, 0.3) is 5.92 Å². The zero-order valence-corrected chi connectivity index (χ0v) is 45.6. The van der Waals surface area contributed by atoms with Crippen LogP contribution < -0.4 is 52.4 Å². The molecule has 2 fully saturated rings. The van der Waals surface area contributed by atoms with Crippen LogP contribution in [0.1, 0.15) is 125 Å². The van der Waals surface area contributed by atoms with Crippen LogP contribution in [0.15, 0.2) is 65.6 Å². The molecule has 3 atom stereocenters. The average Bonchev–Trinajstić information content (AvgIpc) is 4.06. The fourth-order valence-electron chi connectivity index (χ4n) is 8.46. The maximum Gasteiger partial charge on any atom is 0.341 e. The van der Waals surface area contributed by atoms with Gasteiger partial charge in [-0.1, -0.05) is 71.9 Å². The monoisotopic (exact) mass is 1130 g/mol. The lowest BCUT2D eigenvalue weighted by Gasteiger charge is -2.22. The predicted molar refractivity (Wildman–Crippen MR) is 267 cm³/mol. The van der Waals surface area contributed by atoms with E-state index in [1.54, 1.807) is 58.4 Å². The summed E-state index contributed by atoms with van der Waals surface area (Å²) >= 11 is 0. The molecule has 0 saturated carbocycles. The lowest BCUT2D eigenvalue weighted by atomic mass is 9.89. The molecule has 0 unspecified atom stereocenters. The highest BCUT2D eigenvalue weighted by Gasteiger charge is 2.32. The lowest BCUT2D eigenvalue weighted by Crippen LogP contribution is -3.00. The SMILES string of the molecule is COc1cc2nc(C)nc(N[C@H](C)c3cccc(C(F)(F)CO)c3)c2cc1O[C@H]1CCOC1.COc1cc2nc(C)nc(OS(=O)(=O)c3c(C(C)C)cc(C(C)C)cc3C(C)C)c2cc1O[C@H]1CCOC1.[I-]. The van der Waals surface area contributed by atoms with Crippen molar-refractivity contribution in [3.63, 3.8) is 0 Å². The molecule has 19 heteroatoms. The number of methoxy groups -OCH3 is 2. The standard InChI is InChI=1S/C29H38N2O6S.C24H27F2N3O4.HI/c1-16(2)20-11-22(17(3)4)28(23(12-20)18(5)6)38(32,33)37-29-24-13-27(36-21-9-10-35-15-21)26(34-8)14-25(24)30-19(7)31-29;1-14(16-5-4-6-17(9-16)24(25,26)13-30)27-23-19-10-22(33-18-7-8-32-12-18)21(31-3)11-20(19)28-15(2)29-23;/h11-14,16-18,21H,9-10,15H2,1-8H3;4-6,9-11,14,18,30H,7-8,12-13H2,1-3H3,(H,27,28,29);1H/p-1/t21-;14-,18+;/m01./s1. The maximum absolute atomic E-state index is 14.0. The first kappa shape index (κ1) is 56.1. The van der Waals surface area contributed by atoms with Crippen LogP contribution in [-0.2, 0) is 25.5 Å². The molecule has 0 bridgehead atoms. The van der Waals surface area contributed by atoms with Crippen LogP contribution in [0.4, 0.5) is 14.6 Å². The van der Waals surface area contributed by atoms with Crippen molar-refractivity contribution in [2.45, 2.75) is 122 Å². The van der Waals surface area contributed by atoms with Crippen molar-refractivity contribution in [3.05, 3.63) is 100 Å². The Morgan fingerprint density at radius 3 is 1.72 bits per heavy atom. The third-order valence-electron chi connectivity index (χ3n) is 12.4. The van der Waals surface area contributed by atoms with Crippen molar-refractivity contribution in [3.8, 4) is 28.9 Å². The number of aliphatic hydroxyl groups is 1. The number of anilines is 1. The van der Waals surface area contributed by atoms with Crippen molar-refractivity contribution in [2.75, 3.05) is 52.6 Å². The fraction of sp³-hybridized carbons (Fsp3) is 0.472. The topological polar surface area (TPSA) is 183 Å². The Morgan fingerprint density at radius 2 is 1.24 bits per heavy atom. The van der Waals surface area contributed by atoms with Crippen LogP contribution in [0.2, 0.25) is 0 Å². The summed E-state index contributed by atoms with van der Waals surface area (Å²) in [6.07, 6.45) is 1.37. The van der Waals surface area contributed by atoms with Crippen molar-refractivity contribution in [1.29, 1.82) is 0 Å². The Hall–Kier alpha value is -5.22. The second-order valence-corrected chi connectivity index (χ2v) is 20.3. The Morgan fingerprint density at radius 1 is 0.708 bits per heavy atom. The summed E-state index contributed by atoms with van der Waals surface area (Å²) in [4.78, 5) is 18.2. The van der Waals surface area contributed by atoms with Crippen molar-refractivity contribution >= 4 is 37.7 Å². The van der Waals surface area contributed by atoms with Gasteiger partial charge in [0.05, 0.1) is 57.1 Å².